The Kier molecular flexibility index (Phi) is 2.38. The van der Waals surface area contributed by atoms with E-state index in [-0.39, 0.29) is 12.3 Å². The van der Waals surface area contributed by atoms with Crippen LogP contribution in [0.25, 0.3) is 11.0 Å². The fourth-order valence-corrected chi connectivity index (χ4v) is 1.28. The molecule has 0 bridgehead atoms. The number of benzene rings is 1. The third kappa shape index (κ3) is 1.97. The van der Waals surface area contributed by atoms with E-state index in [4.69, 9.17) is 6.42 Å². The van der Waals surface area contributed by atoms with Crippen LogP contribution in [0.1, 0.15) is 6.42 Å². The summed E-state index contributed by atoms with van der Waals surface area (Å²) in [5.74, 6) is 2.46. The summed E-state index contributed by atoms with van der Waals surface area (Å²) in [7, 11) is 0. The van der Waals surface area contributed by atoms with Crippen LogP contribution < -0.4 is 5.32 Å². The van der Waals surface area contributed by atoms with Crippen LogP contribution in [-0.4, -0.2) is 15.9 Å². The Hall–Kier alpha value is -2.28. The Balaban J connectivity index is 2.23. The van der Waals surface area contributed by atoms with Crippen LogP contribution >= 0.6 is 0 Å². The molecule has 4 heteroatoms. The average Bonchev–Trinajstić information content (AvgIpc) is 2.59. The van der Waals surface area contributed by atoms with Crippen LogP contribution in [0.3, 0.4) is 0 Å². The number of aromatic nitrogens is 2. The second-order valence-electron chi connectivity index (χ2n) is 3.03. The molecule has 2 aromatic rings. The highest BCUT2D eigenvalue weighted by atomic mass is 16.1. The Morgan fingerprint density at radius 3 is 3.07 bits per heavy atom. The maximum atomic E-state index is 11.2. The topological polar surface area (TPSA) is 57.8 Å². The molecule has 0 saturated heterocycles. The molecule has 2 N–H and O–H groups in total. The zero-order valence-electron chi connectivity index (χ0n) is 7.95. The summed E-state index contributed by atoms with van der Waals surface area (Å²) in [5, 5.41) is 2.58. The summed E-state index contributed by atoms with van der Waals surface area (Å²) in [6, 6.07) is 7.53. The van der Waals surface area contributed by atoms with Crippen LogP contribution in [0.2, 0.25) is 0 Å². The highest BCUT2D eigenvalue weighted by Gasteiger charge is 2.04. The van der Waals surface area contributed by atoms with Gasteiger partial charge in [-0.3, -0.25) is 10.1 Å². The van der Waals surface area contributed by atoms with E-state index in [1.165, 1.54) is 0 Å². The van der Waals surface area contributed by atoms with E-state index < -0.39 is 0 Å². The van der Waals surface area contributed by atoms with Crippen LogP contribution in [0.4, 0.5) is 5.95 Å². The molecular weight excluding hydrogens is 190 g/mol. The van der Waals surface area contributed by atoms with E-state index in [0.29, 0.717) is 5.95 Å². The van der Waals surface area contributed by atoms with E-state index in [1.807, 2.05) is 24.3 Å². The zero-order chi connectivity index (χ0) is 10.7. The number of carbonyl (C=O) groups excluding carboxylic acids is 1. The summed E-state index contributed by atoms with van der Waals surface area (Å²) in [6.45, 7) is 0. The molecule has 0 aliphatic heterocycles. The molecule has 1 amide bonds. The minimum atomic E-state index is -0.239. The number of imidazole rings is 1. The van der Waals surface area contributed by atoms with E-state index in [1.54, 1.807) is 0 Å². The molecule has 0 aliphatic rings. The Bertz CT molecular complexity index is 503. The van der Waals surface area contributed by atoms with Gasteiger partial charge in [0.25, 0.3) is 0 Å². The van der Waals surface area contributed by atoms with Crippen molar-refractivity contribution < 1.29 is 4.79 Å². The van der Waals surface area contributed by atoms with Crippen molar-refractivity contribution >= 4 is 22.9 Å². The number of H-pyrrole nitrogens is 1. The van der Waals surface area contributed by atoms with Gasteiger partial charge < -0.3 is 4.98 Å². The molecular formula is C11H9N3O. The smallest absolute Gasteiger partial charge is 0.238 e. The fraction of sp³-hybridized carbons (Fsp3) is 0.0909. The zero-order valence-corrected chi connectivity index (χ0v) is 7.95. The predicted octanol–water partition coefficient (Wildman–Crippen LogP) is 1.52. The molecule has 0 radical (unpaired) electrons. The third-order valence-corrected chi connectivity index (χ3v) is 1.91. The quantitative estimate of drug-likeness (QED) is 0.720. The van der Waals surface area contributed by atoms with Crippen molar-refractivity contribution in [2.24, 2.45) is 0 Å². The number of carbonyl (C=O) groups is 1. The van der Waals surface area contributed by atoms with Crippen molar-refractivity contribution in [1.82, 2.24) is 9.97 Å². The van der Waals surface area contributed by atoms with E-state index in [2.05, 4.69) is 21.2 Å². The fourth-order valence-electron chi connectivity index (χ4n) is 1.28. The maximum Gasteiger partial charge on any atom is 0.238 e. The number of hydrogen-bond acceptors (Lipinski definition) is 2. The van der Waals surface area contributed by atoms with Crippen LogP contribution in [0.15, 0.2) is 24.3 Å². The number of rotatable bonds is 2. The van der Waals surface area contributed by atoms with Gasteiger partial charge in [0.1, 0.15) is 0 Å². The monoisotopic (exact) mass is 199 g/mol. The number of terminal acetylenes is 1. The minimum Gasteiger partial charge on any atom is -0.324 e. The molecule has 0 atom stereocenters. The number of aromatic amines is 1. The van der Waals surface area contributed by atoms with E-state index in [9.17, 15) is 4.79 Å². The summed E-state index contributed by atoms with van der Waals surface area (Å²) in [6.07, 6.45) is 5.07. The Morgan fingerprint density at radius 1 is 1.53 bits per heavy atom. The second kappa shape index (κ2) is 3.84. The number of nitrogens with one attached hydrogen (secondary N) is 2. The normalized spacial score (nSPS) is 9.80. The number of hydrogen-bond donors (Lipinski definition) is 2. The predicted molar refractivity (Wildman–Crippen MR) is 58.2 cm³/mol. The molecule has 2 rings (SSSR count). The molecule has 0 fully saturated rings. The van der Waals surface area contributed by atoms with E-state index >= 15 is 0 Å². The van der Waals surface area contributed by atoms with Gasteiger partial charge in [-0.2, -0.15) is 0 Å². The van der Waals surface area contributed by atoms with Crippen LogP contribution in [-0.2, 0) is 4.79 Å². The number of fused-ring (bicyclic) bond motifs is 1. The van der Waals surface area contributed by atoms with Crippen molar-refractivity contribution in [3.05, 3.63) is 24.3 Å². The molecule has 4 nitrogen and oxygen atoms in total. The summed E-state index contributed by atoms with van der Waals surface area (Å²) in [4.78, 5) is 18.3. The summed E-state index contributed by atoms with van der Waals surface area (Å²) >= 11 is 0. The van der Waals surface area contributed by atoms with Gasteiger partial charge in [-0.15, -0.1) is 6.42 Å². The summed E-state index contributed by atoms with van der Waals surface area (Å²) in [5.41, 5.74) is 1.70. The van der Waals surface area contributed by atoms with Crippen molar-refractivity contribution in [2.75, 3.05) is 5.32 Å². The van der Waals surface area contributed by atoms with Gasteiger partial charge in [-0.1, -0.05) is 18.1 Å². The lowest BCUT2D eigenvalue weighted by molar-refractivity contribution is -0.115. The molecule has 15 heavy (non-hydrogen) atoms. The van der Waals surface area contributed by atoms with Gasteiger partial charge in [0.2, 0.25) is 11.9 Å². The first-order valence-corrected chi connectivity index (χ1v) is 4.47. The second-order valence-corrected chi connectivity index (χ2v) is 3.03. The molecule has 1 heterocycles. The first kappa shape index (κ1) is 9.28. The molecule has 1 aromatic heterocycles. The van der Waals surface area contributed by atoms with E-state index in [0.717, 1.165) is 11.0 Å². The number of amides is 1. The van der Waals surface area contributed by atoms with Crippen molar-refractivity contribution in [3.63, 3.8) is 0 Å². The standard InChI is InChI=1S/C11H9N3O/c1-2-5-10(15)14-11-12-8-6-3-4-7-9(8)13-11/h1,3-4,6-7H,5H2,(H2,12,13,14,15). The number of para-hydroxylation sites is 2. The number of anilines is 1. The first-order chi connectivity index (χ1) is 7.29. The lowest BCUT2D eigenvalue weighted by Crippen LogP contribution is -2.11. The third-order valence-electron chi connectivity index (χ3n) is 1.91. The molecule has 1 aromatic carbocycles. The maximum absolute atomic E-state index is 11.2. The van der Waals surface area contributed by atoms with Crippen molar-refractivity contribution in [3.8, 4) is 12.3 Å². The highest BCUT2D eigenvalue weighted by molar-refractivity contribution is 5.92. The average molecular weight is 199 g/mol. The van der Waals surface area contributed by atoms with Crippen molar-refractivity contribution in [1.29, 1.82) is 0 Å². The first-order valence-electron chi connectivity index (χ1n) is 4.47. The lowest BCUT2D eigenvalue weighted by atomic mass is 10.3. The molecule has 74 valence electrons. The van der Waals surface area contributed by atoms with Crippen LogP contribution in [0, 0.1) is 12.3 Å². The van der Waals surface area contributed by atoms with Gasteiger partial charge in [0.05, 0.1) is 17.5 Å². The molecule has 0 unspecified atom stereocenters. The lowest BCUT2D eigenvalue weighted by Gasteiger charge is -1.95. The van der Waals surface area contributed by atoms with Gasteiger partial charge >= 0.3 is 0 Å². The molecule has 0 saturated carbocycles. The molecule has 0 aliphatic carbocycles. The van der Waals surface area contributed by atoms with Gasteiger partial charge in [0.15, 0.2) is 0 Å². The molecule has 0 spiro atoms. The number of nitrogens with zero attached hydrogens (tertiary/aromatic N) is 1. The Labute approximate surface area is 86.7 Å². The van der Waals surface area contributed by atoms with Gasteiger partial charge in [-0.05, 0) is 12.1 Å². The van der Waals surface area contributed by atoms with Gasteiger partial charge in [-0.25, -0.2) is 4.98 Å². The summed E-state index contributed by atoms with van der Waals surface area (Å²) < 4.78 is 0. The van der Waals surface area contributed by atoms with Crippen LogP contribution in [0.5, 0.6) is 0 Å². The highest BCUT2D eigenvalue weighted by Crippen LogP contribution is 2.13. The largest absolute Gasteiger partial charge is 0.324 e. The van der Waals surface area contributed by atoms with Gasteiger partial charge in [0, 0.05) is 0 Å². The van der Waals surface area contributed by atoms with Crippen molar-refractivity contribution in [2.45, 2.75) is 6.42 Å². The Morgan fingerprint density at radius 2 is 2.33 bits per heavy atom. The minimum absolute atomic E-state index is 0.0526. The SMILES string of the molecule is C#CCC(=O)Nc1nc2ccccc2[nH]1.